The lowest BCUT2D eigenvalue weighted by Crippen LogP contribution is -2.33. The van der Waals surface area contributed by atoms with E-state index >= 15 is 0 Å². The van der Waals surface area contributed by atoms with Gasteiger partial charge in [-0.2, -0.15) is 0 Å². The molecule has 0 radical (unpaired) electrons. The third-order valence-corrected chi connectivity index (χ3v) is 6.12. The van der Waals surface area contributed by atoms with Gasteiger partial charge in [-0.15, -0.1) is 0 Å². The van der Waals surface area contributed by atoms with E-state index < -0.39 is 0 Å². The maximum Gasteiger partial charge on any atom is 0.270 e. The van der Waals surface area contributed by atoms with Crippen molar-refractivity contribution in [3.05, 3.63) is 58.9 Å². The van der Waals surface area contributed by atoms with Crippen LogP contribution < -0.4 is 5.32 Å². The summed E-state index contributed by atoms with van der Waals surface area (Å²) >= 11 is 0. The van der Waals surface area contributed by atoms with E-state index in [-0.39, 0.29) is 24.0 Å². The largest absolute Gasteiger partial charge is 0.377 e. The van der Waals surface area contributed by atoms with E-state index in [1.54, 1.807) is 6.07 Å². The minimum atomic E-state index is -0.169. The zero-order chi connectivity index (χ0) is 21.8. The highest BCUT2D eigenvalue weighted by Crippen LogP contribution is 2.25. The van der Waals surface area contributed by atoms with Crippen molar-refractivity contribution in [2.24, 2.45) is 0 Å². The van der Waals surface area contributed by atoms with Crippen LogP contribution in [0.4, 0.5) is 0 Å². The molecule has 7 nitrogen and oxygen atoms in total. The van der Waals surface area contributed by atoms with Crippen molar-refractivity contribution in [3.8, 4) is 0 Å². The number of hydrogen-bond donors (Lipinski definition) is 1. The fourth-order valence-electron chi connectivity index (χ4n) is 4.49. The molecule has 4 rings (SSSR count). The number of carbonyl (C=O) groups excluding carboxylic acids is 2. The number of hydrogen-bond acceptors (Lipinski definition) is 4. The van der Waals surface area contributed by atoms with Crippen LogP contribution in [0.1, 0.15) is 64.8 Å². The molecule has 2 aromatic rings. The lowest BCUT2D eigenvalue weighted by Gasteiger charge is -2.22. The van der Waals surface area contributed by atoms with Gasteiger partial charge in [0.1, 0.15) is 5.69 Å². The Hall–Kier alpha value is -2.64. The molecule has 2 aliphatic rings. The average molecular weight is 426 g/mol. The third kappa shape index (κ3) is 4.52. The first-order chi connectivity index (χ1) is 15.1. The van der Waals surface area contributed by atoms with Crippen LogP contribution in [0.15, 0.2) is 36.4 Å². The van der Waals surface area contributed by atoms with Crippen LogP contribution in [0.2, 0.25) is 0 Å². The third-order valence-electron chi connectivity index (χ3n) is 6.12. The predicted molar refractivity (Wildman–Crippen MR) is 117 cm³/mol. The van der Waals surface area contributed by atoms with Crippen LogP contribution in [-0.2, 0) is 22.6 Å². The lowest BCUT2D eigenvalue weighted by molar-refractivity contribution is 0.0578. The Morgan fingerprint density at radius 1 is 1.23 bits per heavy atom. The molecule has 1 N–H and O–H groups in total. The summed E-state index contributed by atoms with van der Waals surface area (Å²) in [5.74, 6) is -0.211. The van der Waals surface area contributed by atoms with Crippen LogP contribution in [-0.4, -0.2) is 53.7 Å². The fraction of sp³-hybridized carbons (Fsp3) is 0.500. The number of rotatable bonds is 7. The minimum Gasteiger partial charge on any atom is -0.377 e. The number of amides is 2. The van der Waals surface area contributed by atoms with Crippen LogP contribution in [0.3, 0.4) is 0 Å². The van der Waals surface area contributed by atoms with E-state index in [1.807, 2.05) is 53.6 Å². The lowest BCUT2D eigenvalue weighted by atomic mass is 10.0. The number of nitrogens with one attached hydrogen (secondary N) is 1. The second-order valence-corrected chi connectivity index (χ2v) is 8.06. The monoisotopic (exact) mass is 425 g/mol. The van der Waals surface area contributed by atoms with Gasteiger partial charge in [-0.1, -0.05) is 37.3 Å². The van der Waals surface area contributed by atoms with Crippen molar-refractivity contribution in [2.45, 2.75) is 52.0 Å². The molecule has 1 aromatic carbocycles. The SMILES string of the molecule is CCOC1CCN(C(=O)c2cc(C(=O)NC(CC)c3ccccc3)c3n2CCOC3)C1. The van der Waals surface area contributed by atoms with Crippen molar-refractivity contribution in [3.63, 3.8) is 0 Å². The number of carbonyl (C=O) groups is 2. The van der Waals surface area contributed by atoms with Crippen molar-refractivity contribution in [2.75, 3.05) is 26.3 Å². The molecule has 166 valence electrons. The van der Waals surface area contributed by atoms with Gasteiger partial charge >= 0.3 is 0 Å². The van der Waals surface area contributed by atoms with Gasteiger partial charge < -0.3 is 24.3 Å². The molecule has 2 atom stereocenters. The summed E-state index contributed by atoms with van der Waals surface area (Å²) < 4.78 is 13.3. The Labute approximate surface area is 183 Å². The first-order valence-corrected chi connectivity index (χ1v) is 11.2. The Kier molecular flexibility index (Phi) is 6.73. The Morgan fingerprint density at radius 2 is 2.03 bits per heavy atom. The average Bonchev–Trinajstić information content (AvgIpc) is 3.43. The molecular weight excluding hydrogens is 394 g/mol. The molecule has 0 aliphatic carbocycles. The first kappa shape index (κ1) is 21.6. The maximum atomic E-state index is 13.3. The fourth-order valence-corrected chi connectivity index (χ4v) is 4.49. The van der Waals surface area contributed by atoms with Gasteiger partial charge in [-0.3, -0.25) is 9.59 Å². The van der Waals surface area contributed by atoms with Crippen molar-refractivity contribution < 1.29 is 19.1 Å². The molecule has 1 aromatic heterocycles. The molecule has 2 amide bonds. The van der Waals surface area contributed by atoms with Crippen LogP contribution in [0, 0.1) is 0 Å². The van der Waals surface area contributed by atoms with Crippen LogP contribution in [0.25, 0.3) is 0 Å². The molecular formula is C24H31N3O4. The first-order valence-electron chi connectivity index (χ1n) is 11.2. The Bertz CT molecular complexity index is 924. The van der Waals surface area contributed by atoms with Crippen molar-refractivity contribution in [1.82, 2.24) is 14.8 Å². The van der Waals surface area contributed by atoms with Gasteiger partial charge in [-0.25, -0.2) is 0 Å². The van der Waals surface area contributed by atoms with E-state index in [0.717, 1.165) is 24.1 Å². The molecule has 0 spiro atoms. The molecule has 2 unspecified atom stereocenters. The maximum absolute atomic E-state index is 13.3. The van der Waals surface area contributed by atoms with E-state index in [2.05, 4.69) is 5.32 Å². The summed E-state index contributed by atoms with van der Waals surface area (Å²) in [6.07, 6.45) is 1.71. The van der Waals surface area contributed by atoms with Crippen molar-refractivity contribution in [1.29, 1.82) is 0 Å². The Balaban J connectivity index is 1.57. The smallest absolute Gasteiger partial charge is 0.270 e. The van der Waals surface area contributed by atoms with Gasteiger partial charge in [0.05, 0.1) is 36.6 Å². The zero-order valence-electron chi connectivity index (χ0n) is 18.3. The summed E-state index contributed by atoms with van der Waals surface area (Å²) in [7, 11) is 0. The van der Waals surface area contributed by atoms with E-state index in [0.29, 0.717) is 50.7 Å². The molecule has 3 heterocycles. The van der Waals surface area contributed by atoms with Gasteiger partial charge in [0.15, 0.2) is 0 Å². The number of aromatic nitrogens is 1. The van der Waals surface area contributed by atoms with Gasteiger partial charge in [0.2, 0.25) is 0 Å². The van der Waals surface area contributed by atoms with E-state index in [9.17, 15) is 9.59 Å². The number of benzene rings is 1. The number of fused-ring (bicyclic) bond motifs is 1. The second-order valence-electron chi connectivity index (χ2n) is 8.06. The summed E-state index contributed by atoms with van der Waals surface area (Å²) in [5.41, 5.74) is 2.93. The highest BCUT2D eigenvalue weighted by Gasteiger charge is 2.32. The standard InChI is InChI=1S/C24H31N3O4/c1-3-20(17-8-6-5-7-9-17)25-23(28)19-14-21(27-12-13-30-16-22(19)27)24(29)26-11-10-18(15-26)31-4-2/h5-9,14,18,20H,3-4,10-13,15-16H2,1-2H3,(H,25,28). The quantitative estimate of drug-likeness (QED) is 0.740. The highest BCUT2D eigenvalue weighted by atomic mass is 16.5. The van der Waals surface area contributed by atoms with Crippen LogP contribution in [0.5, 0.6) is 0 Å². The summed E-state index contributed by atoms with van der Waals surface area (Å²) in [4.78, 5) is 28.3. The zero-order valence-corrected chi connectivity index (χ0v) is 18.3. The topological polar surface area (TPSA) is 72.8 Å². The number of likely N-dealkylation sites (tertiary alicyclic amines) is 1. The van der Waals surface area contributed by atoms with E-state index in [4.69, 9.17) is 9.47 Å². The Morgan fingerprint density at radius 3 is 2.77 bits per heavy atom. The predicted octanol–water partition coefficient (Wildman–Crippen LogP) is 3.15. The molecule has 1 saturated heterocycles. The summed E-state index contributed by atoms with van der Waals surface area (Å²) in [5, 5.41) is 3.14. The molecule has 31 heavy (non-hydrogen) atoms. The number of ether oxygens (including phenoxy) is 2. The van der Waals surface area contributed by atoms with Gasteiger partial charge in [0, 0.05) is 26.2 Å². The second kappa shape index (κ2) is 9.66. The normalized spacial score (nSPS) is 19.2. The molecule has 2 aliphatic heterocycles. The molecule has 1 fully saturated rings. The molecule has 7 heteroatoms. The minimum absolute atomic E-state index is 0.0421. The van der Waals surface area contributed by atoms with Gasteiger partial charge in [-0.05, 0) is 31.4 Å². The number of nitrogens with zero attached hydrogens (tertiary/aromatic N) is 2. The summed E-state index contributed by atoms with van der Waals surface area (Å²) in [6, 6.07) is 11.6. The molecule has 0 saturated carbocycles. The van der Waals surface area contributed by atoms with E-state index in [1.165, 1.54) is 0 Å². The van der Waals surface area contributed by atoms with Gasteiger partial charge in [0.25, 0.3) is 11.8 Å². The molecule has 0 bridgehead atoms. The van der Waals surface area contributed by atoms with Crippen LogP contribution >= 0.6 is 0 Å². The highest BCUT2D eigenvalue weighted by molar-refractivity contribution is 6.01. The summed E-state index contributed by atoms with van der Waals surface area (Å²) in [6.45, 7) is 7.37. The van der Waals surface area contributed by atoms with Crippen molar-refractivity contribution >= 4 is 11.8 Å².